The summed E-state index contributed by atoms with van der Waals surface area (Å²) in [7, 11) is 0. The molecule has 1 aromatic rings. The molecular formula is C12H14O4. The Hall–Kier alpha value is -1.68. The van der Waals surface area contributed by atoms with Gasteiger partial charge in [0.1, 0.15) is 0 Å². The normalized spacial score (nSPS) is 12.1. The minimum Gasteiger partial charge on any atom is -0.479 e. The van der Waals surface area contributed by atoms with E-state index >= 15 is 0 Å². The summed E-state index contributed by atoms with van der Waals surface area (Å²) in [5, 5.41) is 8.89. The molecule has 0 radical (unpaired) electrons. The summed E-state index contributed by atoms with van der Waals surface area (Å²) in [5.41, 5.74) is 0.353. The summed E-state index contributed by atoms with van der Waals surface area (Å²) in [6.07, 6.45) is -0.728. The van der Waals surface area contributed by atoms with Crippen molar-refractivity contribution in [1.29, 1.82) is 0 Å². The van der Waals surface area contributed by atoms with Gasteiger partial charge in [0, 0.05) is 12.2 Å². The Morgan fingerprint density at radius 1 is 1.31 bits per heavy atom. The first-order valence-electron chi connectivity index (χ1n) is 5.10. The second-order valence-corrected chi connectivity index (χ2v) is 3.32. The molecule has 4 nitrogen and oxygen atoms in total. The van der Waals surface area contributed by atoms with Gasteiger partial charge < -0.3 is 9.84 Å². The van der Waals surface area contributed by atoms with Crippen molar-refractivity contribution in [1.82, 2.24) is 0 Å². The van der Waals surface area contributed by atoms with Crippen molar-refractivity contribution in [3.05, 3.63) is 35.9 Å². The average molecular weight is 222 g/mol. The van der Waals surface area contributed by atoms with E-state index in [4.69, 9.17) is 9.84 Å². The molecule has 0 spiro atoms. The molecule has 1 aromatic carbocycles. The average Bonchev–Trinajstić information content (AvgIpc) is 2.30. The number of benzene rings is 1. The van der Waals surface area contributed by atoms with Crippen molar-refractivity contribution in [3.8, 4) is 0 Å². The zero-order chi connectivity index (χ0) is 12.0. The minimum absolute atomic E-state index is 0.259. The van der Waals surface area contributed by atoms with Gasteiger partial charge in [0.2, 0.25) is 11.9 Å². The first-order valence-corrected chi connectivity index (χ1v) is 5.10. The number of Topliss-reactive ketones (excluding diaryl/α,β-unsaturated/α-hetero) is 1. The lowest BCUT2D eigenvalue weighted by Crippen LogP contribution is -2.33. The molecule has 1 atom stereocenters. The first-order chi connectivity index (χ1) is 7.66. The molecule has 0 aliphatic heterocycles. The van der Waals surface area contributed by atoms with Crippen LogP contribution in [0.15, 0.2) is 30.3 Å². The lowest BCUT2D eigenvalue weighted by molar-refractivity contribution is -0.147. The van der Waals surface area contributed by atoms with Gasteiger partial charge in [0.05, 0.1) is 0 Å². The van der Waals surface area contributed by atoms with Crippen LogP contribution < -0.4 is 0 Å². The predicted molar refractivity (Wildman–Crippen MR) is 58.4 cm³/mol. The standard InChI is InChI=1S/C12H14O4/c1-2-8-16-11(12(14)15)10(13)9-6-4-3-5-7-9/h3-7,11H,2,8H2,1H3,(H,14,15). The van der Waals surface area contributed by atoms with Crippen molar-refractivity contribution < 1.29 is 19.4 Å². The molecule has 86 valence electrons. The van der Waals surface area contributed by atoms with E-state index in [9.17, 15) is 9.59 Å². The van der Waals surface area contributed by atoms with Crippen molar-refractivity contribution in [2.75, 3.05) is 6.61 Å². The first kappa shape index (κ1) is 12.4. The van der Waals surface area contributed by atoms with Crippen molar-refractivity contribution in [2.45, 2.75) is 19.4 Å². The topological polar surface area (TPSA) is 63.6 Å². The second kappa shape index (κ2) is 6.02. The number of hydrogen-bond donors (Lipinski definition) is 1. The Morgan fingerprint density at radius 2 is 1.94 bits per heavy atom. The highest BCUT2D eigenvalue weighted by Gasteiger charge is 2.27. The molecule has 0 saturated heterocycles. The second-order valence-electron chi connectivity index (χ2n) is 3.32. The van der Waals surface area contributed by atoms with Crippen LogP contribution in [0.2, 0.25) is 0 Å². The Balaban J connectivity index is 2.79. The van der Waals surface area contributed by atoms with Crippen molar-refractivity contribution in [3.63, 3.8) is 0 Å². The zero-order valence-electron chi connectivity index (χ0n) is 9.05. The van der Waals surface area contributed by atoms with Crippen LogP contribution in [0.25, 0.3) is 0 Å². The fourth-order valence-corrected chi connectivity index (χ4v) is 1.25. The molecule has 0 aromatic heterocycles. The van der Waals surface area contributed by atoms with E-state index in [2.05, 4.69) is 0 Å². The molecule has 1 N–H and O–H groups in total. The fraction of sp³-hybridized carbons (Fsp3) is 0.333. The Kier molecular flexibility index (Phi) is 4.66. The van der Waals surface area contributed by atoms with Gasteiger partial charge >= 0.3 is 5.97 Å². The van der Waals surface area contributed by atoms with Crippen LogP contribution in [-0.2, 0) is 9.53 Å². The minimum atomic E-state index is -1.40. The highest BCUT2D eigenvalue weighted by Crippen LogP contribution is 2.07. The zero-order valence-corrected chi connectivity index (χ0v) is 9.05. The van der Waals surface area contributed by atoms with Crippen LogP contribution >= 0.6 is 0 Å². The summed E-state index contributed by atoms with van der Waals surface area (Å²) in [4.78, 5) is 22.7. The van der Waals surface area contributed by atoms with E-state index in [0.717, 1.165) is 0 Å². The number of carbonyl (C=O) groups is 2. The van der Waals surface area contributed by atoms with Gasteiger partial charge in [0.15, 0.2) is 0 Å². The Morgan fingerprint density at radius 3 is 2.44 bits per heavy atom. The van der Waals surface area contributed by atoms with Crippen molar-refractivity contribution in [2.24, 2.45) is 0 Å². The van der Waals surface area contributed by atoms with Gasteiger partial charge in [-0.3, -0.25) is 4.79 Å². The number of carboxylic acids is 1. The molecule has 16 heavy (non-hydrogen) atoms. The molecule has 0 bridgehead atoms. The number of hydrogen-bond acceptors (Lipinski definition) is 3. The summed E-state index contributed by atoms with van der Waals surface area (Å²) in [6, 6.07) is 8.29. The van der Waals surface area contributed by atoms with Crippen LogP contribution in [0.4, 0.5) is 0 Å². The molecule has 1 unspecified atom stereocenters. The lowest BCUT2D eigenvalue weighted by Gasteiger charge is -2.11. The lowest BCUT2D eigenvalue weighted by atomic mass is 10.1. The third-order valence-electron chi connectivity index (χ3n) is 2.01. The van der Waals surface area contributed by atoms with E-state index in [0.29, 0.717) is 12.0 Å². The van der Waals surface area contributed by atoms with Gasteiger partial charge in [-0.2, -0.15) is 0 Å². The number of aliphatic carboxylic acids is 1. The van der Waals surface area contributed by atoms with E-state index in [1.165, 1.54) is 0 Å². The van der Waals surface area contributed by atoms with Crippen molar-refractivity contribution >= 4 is 11.8 Å². The summed E-state index contributed by atoms with van der Waals surface area (Å²) in [6.45, 7) is 2.11. The summed E-state index contributed by atoms with van der Waals surface area (Å²) in [5.74, 6) is -1.76. The van der Waals surface area contributed by atoms with Crippen LogP contribution in [-0.4, -0.2) is 29.6 Å². The number of carbonyl (C=O) groups excluding carboxylic acids is 1. The highest BCUT2D eigenvalue weighted by molar-refractivity contribution is 6.10. The molecule has 0 heterocycles. The van der Waals surface area contributed by atoms with E-state index in [1.54, 1.807) is 30.3 Å². The maximum absolute atomic E-state index is 11.8. The maximum atomic E-state index is 11.8. The summed E-state index contributed by atoms with van der Waals surface area (Å²) >= 11 is 0. The molecule has 0 aliphatic carbocycles. The molecular weight excluding hydrogens is 208 g/mol. The van der Waals surface area contributed by atoms with Crippen LogP contribution in [0.5, 0.6) is 0 Å². The number of rotatable bonds is 6. The van der Waals surface area contributed by atoms with Crippen LogP contribution in [0.3, 0.4) is 0 Å². The number of ether oxygens (including phenoxy) is 1. The Labute approximate surface area is 93.9 Å². The molecule has 1 rings (SSSR count). The van der Waals surface area contributed by atoms with Gasteiger partial charge in [-0.25, -0.2) is 4.79 Å². The number of ketones is 1. The molecule has 4 heteroatoms. The quantitative estimate of drug-likeness (QED) is 0.588. The molecule has 0 amide bonds. The van der Waals surface area contributed by atoms with Gasteiger partial charge in [-0.15, -0.1) is 0 Å². The largest absolute Gasteiger partial charge is 0.479 e. The van der Waals surface area contributed by atoms with E-state index in [-0.39, 0.29) is 6.61 Å². The van der Waals surface area contributed by atoms with Gasteiger partial charge in [-0.05, 0) is 6.42 Å². The monoisotopic (exact) mass is 222 g/mol. The third kappa shape index (κ3) is 3.17. The Bertz CT molecular complexity index is 359. The van der Waals surface area contributed by atoms with Gasteiger partial charge in [-0.1, -0.05) is 37.3 Å². The summed E-state index contributed by atoms with van der Waals surface area (Å²) < 4.78 is 5.02. The van der Waals surface area contributed by atoms with Crippen LogP contribution in [0, 0.1) is 0 Å². The predicted octanol–water partition coefficient (Wildman–Crippen LogP) is 1.75. The molecule has 0 aliphatic rings. The smallest absolute Gasteiger partial charge is 0.341 e. The van der Waals surface area contributed by atoms with E-state index < -0.39 is 17.9 Å². The highest BCUT2D eigenvalue weighted by atomic mass is 16.5. The van der Waals surface area contributed by atoms with E-state index in [1.807, 2.05) is 6.92 Å². The molecule has 0 fully saturated rings. The van der Waals surface area contributed by atoms with Crippen LogP contribution in [0.1, 0.15) is 23.7 Å². The third-order valence-corrected chi connectivity index (χ3v) is 2.01. The number of carboxylic acid groups (broad SMARTS) is 1. The fourth-order valence-electron chi connectivity index (χ4n) is 1.25. The maximum Gasteiger partial charge on any atom is 0.341 e. The molecule has 0 saturated carbocycles. The van der Waals surface area contributed by atoms with Gasteiger partial charge in [0.25, 0.3) is 0 Å². The SMILES string of the molecule is CCCOC(C(=O)O)C(=O)c1ccccc1.